The van der Waals surface area contributed by atoms with E-state index < -0.39 is 11.0 Å². The minimum absolute atomic E-state index is 0.717. The van der Waals surface area contributed by atoms with Crippen molar-refractivity contribution in [2.45, 2.75) is 32.6 Å². The summed E-state index contributed by atoms with van der Waals surface area (Å²) in [6.45, 7) is 7.65. The van der Waals surface area contributed by atoms with Crippen LogP contribution in [0.3, 0.4) is 0 Å². The number of rotatable bonds is 1. The summed E-state index contributed by atoms with van der Waals surface area (Å²) in [6, 6.07) is 0. The Labute approximate surface area is 87.1 Å². The van der Waals surface area contributed by atoms with Gasteiger partial charge in [0, 0.05) is 5.69 Å². The van der Waals surface area contributed by atoms with E-state index in [1.807, 2.05) is 27.7 Å². The molecular formula is C10H16N2OS. The maximum absolute atomic E-state index is 11.4. The molecule has 1 aromatic rings. The van der Waals surface area contributed by atoms with Gasteiger partial charge in [-0.05, 0) is 49.9 Å². The highest BCUT2D eigenvalue weighted by Gasteiger charge is 2.15. The average molecular weight is 212 g/mol. The van der Waals surface area contributed by atoms with Crippen molar-refractivity contribution >= 4 is 16.7 Å². The third kappa shape index (κ3) is 1.55. The smallest absolute Gasteiger partial charge is 0.122 e. The third-order valence-electron chi connectivity index (χ3n) is 2.82. The van der Waals surface area contributed by atoms with E-state index in [4.69, 9.17) is 10.9 Å². The predicted octanol–water partition coefficient (Wildman–Crippen LogP) is 1.48. The summed E-state index contributed by atoms with van der Waals surface area (Å²) < 4.78 is 11.4. The summed E-state index contributed by atoms with van der Waals surface area (Å²) in [5.74, 6) is 0. The molecule has 3 nitrogen and oxygen atoms in total. The molecule has 0 fully saturated rings. The van der Waals surface area contributed by atoms with Crippen LogP contribution in [0.25, 0.3) is 0 Å². The van der Waals surface area contributed by atoms with E-state index in [-0.39, 0.29) is 0 Å². The first-order valence-electron chi connectivity index (χ1n) is 4.40. The Morgan fingerprint density at radius 3 is 1.57 bits per heavy atom. The molecule has 0 aliphatic rings. The van der Waals surface area contributed by atoms with Gasteiger partial charge >= 0.3 is 0 Å². The van der Waals surface area contributed by atoms with Gasteiger partial charge in [0.05, 0.1) is 4.90 Å². The van der Waals surface area contributed by atoms with E-state index in [0.717, 1.165) is 27.9 Å². The molecule has 0 bridgehead atoms. The Morgan fingerprint density at radius 2 is 1.29 bits per heavy atom. The fourth-order valence-corrected chi connectivity index (χ4v) is 2.52. The van der Waals surface area contributed by atoms with Gasteiger partial charge in [-0.15, -0.1) is 0 Å². The molecule has 0 aliphatic carbocycles. The molecule has 4 heteroatoms. The van der Waals surface area contributed by atoms with E-state index >= 15 is 0 Å². The van der Waals surface area contributed by atoms with Gasteiger partial charge < -0.3 is 5.73 Å². The third-order valence-corrected chi connectivity index (χ3v) is 3.83. The van der Waals surface area contributed by atoms with Gasteiger partial charge in [0.1, 0.15) is 11.0 Å². The molecule has 0 aromatic heterocycles. The normalized spacial score (nSPS) is 12.9. The van der Waals surface area contributed by atoms with Crippen LogP contribution < -0.4 is 10.9 Å². The Morgan fingerprint density at radius 1 is 0.929 bits per heavy atom. The summed E-state index contributed by atoms with van der Waals surface area (Å²) in [7, 11) is -1.44. The zero-order chi connectivity index (χ0) is 11.0. The van der Waals surface area contributed by atoms with E-state index in [0.29, 0.717) is 4.90 Å². The molecule has 0 saturated heterocycles. The standard InChI is InChI=1S/C10H16N2OS/c1-5-7(3)10(14(12)13)8(4)6(2)9(5)11/h11-12H2,1-4H3. The second kappa shape index (κ2) is 3.71. The molecule has 0 amide bonds. The zero-order valence-corrected chi connectivity index (χ0v) is 9.79. The molecule has 1 atom stereocenters. The van der Waals surface area contributed by atoms with Crippen LogP contribution in [0.2, 0.25) is 0 Å². The Balaban J connectivity index is 3.68. The first kappa shape index (κ1) is 11.2. The molecule has 0 spiro atoms. The van der Waals surface area contributed by atoms with Crippen molar-refractivity contribution in [3.05, 3.63) is 22.3 Å². The summed E-state index contributed by atoms with van der Waals surface area (Å²) in [4.78, 5) is 0.717. The van der Waals surface area contributed by atoms with Crippen LogP contribution >= 0.6 is 0 Å². The van der Waals surface area contributed by atoms with Crippen LogP contribution in [0.4, 0.5) is 5.69 Å². The molecule has 0 radical (unpaired) electrons. The van der Waals surface area contributed by atoms with Gasteiger partial charge in [0.25, 0.3) is 0 Å². The van der Waals surface area contributed by atoms with Gasteiger partial charge in [-0.2, -0.15) is 0 Å². The SMILES string of the molecule is Cc1c(C)c(S(N)=O)c(C)c(C)c1N. The number of benzene rings is 1. The maximum atomic E-state index is 11.4. The molecule has 1 aromatic carbocycles. The minimum atomic E-state index is -1.44. The lowest BCUT2D eigenvalue weighted by atomic mass is 9.99. The Kier molecular flexibility index (Phi) is 2.97. The van der Waals surface area contributed by atoms with E-state index in [9.17, 15) is 4.21 Å². The lowest BCUT2D eigenvalue weighted by molar-refractivity contribution is 0.683. The topological polar surface area (TPSA) is 69.1 Å². The Bertz CT molecular complexity index is 384. The molecule has 0 aliphatic heterocycles. The fraction of sp³-hybridized carbons (Fsp3) is 0.400. The number of nitrogen functional groups attached to an aromatic ring is 1. The highest BCUT2D eigenvalue weighted by atomic mass is 32.2. The predicted molar refractivity (Wildman–Crippen MR) is 60.4 cm³/mol. The quantitative estimate of drug-likeness (QED) is 0.692. The van der Waals surface area contributed by atoms with Crippen molar-refractivity contribution in [3.63, 3.8) is 0 Å². The second-order valence-electron chi connectivity index (χ2n) is 3.54. The first-order chi connectivity index (χ1) is 6.37. The molecule has 0 saturated carbocycles. The van der Waals surface area contributed by atoms with Crippen molar-refractivity contribution in [2.75, 3.05) is 5.73 Å². The summed E-state index contributed by atoms with van der Waals surface area (Å²) in [5.41, 5.74) is 10.5. The van der Waals surface area contributed by atoms with Crippen LogP contribution in [0, 0.1) is 27.7 Å². The molecular weight excluding hydrogens is 196 g/mol. The maximum Gasteiger partial charge on any atom is 0.122 e. The van der Waals surface area contributed by atoms with Gasteiger partial charge in [-0.25, -0.2) is 9.35 Å². The highest BCUT2D eigenvalue weighted by molar-refractivity contribution is 7.82. The van der Waals surface area contributed by atoms with Gasteiger partial charge in [-0.3, -0.25) is 0 Å². The molecule has 1 unspecified atom stereocenters. The minimum Gasteiger partial charge on any atom is -0.398 e. The first-order valence-corrected chi connectivity index (χ1v) is 5.61. The van der Waals surface area contributed by atoms with E-state index in [1.54, 1.807) is 0 Å². The van der Waals surface area contributed by atoms with Crippen LogP contribution in [-0.4, -0.2) is 4.21 Å². The van der Waals surface area contributed by atoms with Crippen LogP contribution in [0.1, 0.15) is 22.3 Å². The van der Waals surface area contributed by atoms with Crippen molar-refractivity contribution in [1.82, 2.24) is 0 Å². The van der Waals surface area contributed by atoms with Crippen molar-refractivity contribution < 1.29 is 4.21 Å². The van der Waals surface area contributed by atoms with Gasteiger partial charge in [-0.1, -0.05) is 0 Å². The zero-order valence-electron chi connectivity index (χ0n) is 8.97. The second-order valence-corrected chi connectivity index (χ2v) is 4.54. The number of anilines is 1. The van der Waals surface area contributed by atoms with Gasteiger partial charge in [0.15, 0.2) is 0 Å². The van der Waals surface area contributed by atoms with Crippen molar-refractivity contribution in [1.29, 1.82) is 0 Å². The monoisotopic (exact) mass is 212 g/mol. The van der Waals surface area contributed by atoms with Crippen LogP contribution in [0.5, 0.6) is 0 Å². The molecule has 78 valence electrons. The van der Waals surface area contributed by atoms with Crippen molar-refractivity contribution in [2.24, 2.45) is 5.14 Å². The number of hydrogen-bond acceptors (Lipinski definition) is 2. The summed E-state index contributed by atoms with van der Waals surface area (Å²) in [5, 5.41) is 5.43. The summed E-state index contributed by atoms with van der Waals surface area (Å²) >= 11 is 0. The largest absolute Gasteiger partial charge is 0.398 e. The van der Waals surface area contributed by atoms with Crippen LogP contribution in [0.15, 0.2) is 4.90 Å². The summed E-state index contributed by atoms with van der Waals surface area (Å²) in [6.07, 6.45) is 0. The fourth-order valence-electron chi connectivity index (χ4n) is 1.61. The van der Waals surface area contributed by atoms with E-state index in [1.165, 1.54) is 0 Å². The lowest BCUT2D eigenvalue weighted by Gasteiger charge is -2.15. The molecule has 0 heterocycles. The molecule has 14 heavy (non-hydrogen) atoms. The van der Waals surface area contributed by atoms with Gasteiger partial charge in [0.2, 0.25) is 0 Å². The average Bonchev–Trinajstić information content (AvgIpc) is 2.11. The highest BCUT2D eigenvalue weighted by Crippen LogP contribution is 2.29. The number of hydrogen-bond donors (Lipinski definition) is 2. The van der Waals surface area contributed by atoms with Crippen molar-refractivity contribution in [3.8, 4) is 0 Å². The molecule has 4 N–H and O–H groups in total. The lowest BCUT2D eigenvalue weighted by Crippen LogP contribution is -2.11. The van der Waals surface area contributed by atoms with Crippen LogP contribution in [-0.2, 0) is 11.0 Å². The molecule has 1 rings (SSSR count). The number of nitrogens with two attached hydrogens (primary N) is 2. The van der Waals surface area contributed by atoms with E-state index in [2.05, 4.69) is 0 Å². The Hall–Kier alpha value is -0.870.